The Morgan fingerprint density at radius 3 is 2.64 bits per heavy atom. The summed E-state index contributed by atoms with van der Waals surface area (Å²) in [5.41, 5.74) is 1.27. The fourth-order valence-corrected chi connectivity index (χ4v) is 2.50. The number of nitro groups is 1. The minimum atomic E-state index is -0.350. The van der Waals surface area contributed by atoms with Gasteiger partial charge < -0.3 is 4.74 Å². The zero-order valence-corrected chi connectivity index (χ0v) is 12.7. The largest absolute Gasteiger partial charge is 0.459 e. The minimum Gasteiger partial charge on any atom is -0.459 e. The summed E-state index contributed by atoms with van der Waals surface area (Å²) < 4.78 is 5.34. The molecule has 0 spiro atoms. The molecule has 2 rings (SSSR count). The Labute approximate surface area is 129 Å². The normalized spacial score (nSPS) is 16.2. The van der Waals surface area contributed by atoms with Gasteiger partial charge in [-0.05, 0) is 19.8 Å². The maximum atomic E-state index is 11.5. The van der Waals surface area contributed by atoms with Crippen LogP contribution in [0.3, 0.4) is 0 Å². The smallest absolute Gasteiger partial charge is 0.333 e. The van der Waals surface area contributed by atoms with Crippen LogP contribution >= 0.6 is 0 Å². The number of hydrogen-bond donors (Lipinski definition) is 0. The van der Waals surface area contributed by atoms with Gasteiger partial charge in [-0.25, -0.2) is 4.79 Å². The van der Waals surface area contributed by atoms with Crippen molar-refractivity contribution in [3.8, 4) is 0 Å². The highest BCUT2D eigenvalue weighted by Gasteiger charge is 2.24. The van der Waals surface area contributed by atoms with E-state index in [2.05, 4.69) is 11.5 Å². The first-order valence-corrected chi connectivity index (χ1v) is 7.28. The first kappa shape index (κ1) is 16.2. The van der Waals surface area contributed by atoms with E-state index >= 15 is 0 Å². The molecular weight excluding hydrogens is 284 g/mol. The van der Waals surface area contributed by atoms with Gasteiger partial charge in [-0.3, -0.25) is 15.0 Å². The number of carbonyl (C=O) groups excluding carboxylic acids is 1. The lowest BCUT2D eigenvalue weighted by molar-refractivity contribution is -0.385. The third-order valence-electron chi connectivity index (χ3n) is 3.74. The van der Waals surface area contributed by atoms with E-state index in [-0.39, 0.29) is 22.7 Å². The Balaban J connectivity index is 1.89. The molecule has 0 unspecified atom stereocenters. The van der Waals surface area contributed by atoms with Crippen molar-refractivity contribution in [2.24, 2.45) is 0 Å². The highest BCUT2D eigenvalue weighted by molar-refractivity contribution is 5.87. The molecule has 1 aliphatic heterocycles. The van der Waals surface area contributed by atoms with Crippen molar-refractivity contribution in [3.63, 3.8) is 0 Å². The number of piperidine rings is 1. The molecule has 0 atom stereocenters. The minimum absolute atomic E-state index is 0.0915. The molecule has 1 heterocycles. The maximum absolute atomic E-state index is 11.5. The molecule has 6 heteroatoms. The lowest BCUT2D eigenvalue weighted by Crippen LogP contribution is -2.37. The van der Waals surface area contributed by atoms with E-state index in [1.165, 1.54) is 6.07 Å². The summed E-state index contributed by atoms with van der Waals surface area (Å²) in [6, 6.07) is 6.79. The van der Waals surface area contributed by atoms with E-state index in [0.29, 0.717) is 17.7 Å². The number of rotatable bonds is 5. The van der Waals surface area contributed by atoms with Crippen LogP contribution < -0.4 is 0 Å². The van der Waals surface area contributed by atoms with Crippen molar-refractivity contribution >= 4 is 11.7 Å². The number of carbonyl (C=O) groups is 1. The highest BCUT2D eigenvalue weighted by Crippen LogP contribution is 2.22. The third-order valence-corrected chi connectivity index (χ3v) is 3.74. The van der Waals surface area contributed by atoms with Crippen LogP contribution in [0.25, 0.3) is 0 Å². The predicted molar refractivity (Wildman–Crippen MR) is 82.3 cm³/mol. The number of ether oxygens (including phenoxy) is 1. The van der Waals surface area contributed by atoms with E-state index < -0.39 is 0 Å². The molecule has 0 saturated carbocycles. The monoisotopic (exact) mass is 304 g/mol. The molecule has 0 radical (unpaired) electrons. The fourth-order valence-electron chi connectivity index (χ4n) is 2.50. The van der Waals surface area contributed by atoms with Crippen molar-refractivity contribution < 1.29 is 14.5 Å². The van der Waals surface area contributed by atoms with Gasteiger partial charge in [-0.2, -0.15) is 0 Å². The third kappa shape index (κ3) is 4.14. The topological polar surface area (TPSA) is 72.7 Å². The molecule has 0 bridgehead atoms. The predicted octanol–water partition coefficient (Wildman–Crippen LogP) is 2.68. The number of para-hydroxylation sites is 1. The molecular formula is C16H20N2O4. The molecule has 22 heavy (non-hydrogen) atoms. The molecule has 0 amide bonds. The van der Waals surface area contributed by atoms with Crippen LogP contribution in [-0.4, -0.2) is 35.0 Å². The van der Waals surface area contributed by atoms with Gasteiger partial charge in [-0.15, -0.1) is 0 Å². The summed E-state index contributed by atoms with van der Waals surface area (Å²) in [6.45, 7) is 7.24. The molecule has 0 aliphatic carbocycles. The zero-order chi connectivity index (χ0) is 16.1. The van der Waals surface area contributed by atoms with Crippen molar-refractivity contribution in [2.75, 3.05) is 13.1 Å². The van der Waals surface area contributed by atoms with E-state index in [4.69, 9.17) is 4.74 Å². The average molecular weight is 304 g/mol. The van der Waals surface area contributed by atoms with Crippen LogP contribution in [0.1, 0.15) is 25.3 Å². The number of nitro benzene ring substituents is 1. The Morgan fingerprint density at radius 2 is 2.05 bits per heavy atom. The van der Waals surface area contributed by atoms with Gasteiger partial charge in [0.1, 0.15) is 6.10 Å². The number of nitrogens with zero attached hydrogens (tertiary/aromatic N) is 2. The van der Waals surface area contributed by atoms with Crippen LogP contribution in [0.4, 0.5) is 5.69 Å². The quantitative estimate of drug-likeness (QED) is 0.362. The van der Waals surface area contributed by atoms with Gasteiger partial charge in [0.05, 0.1) is 4.92 Å². The summed E-state index contributed by atoms with van der Waals surface area (Å²) in [5.74, 6) is -0.350. The standard InChI is InChI=1S/C16H20N2O4/c1-12(2)16(19)22-14-7-9-17(10-8-14)11-13-5-3-4-6-15(13)18(20)21/h3-6,14H,1,7-11H2,2H3. The van der Waals surface area contributed by atoms with Gasteiger partial charge in [0.15, 0.2) is 0 Å². The van der Waals surface area contributed by atoms with Gasteiger partial charge in [0.25, 0.3) is 5.69 Å². The first-order chi connectivity index (χ1) is 10.5. The molecule has 0 N–H and O–H groups in total. The van der Waals surface area contributed by atoms with Crippen molar-refractivity contribution in [3.05, 3.63) is 52.1 Å². The van der Waals surface area contributed by atoms with Crippen molar-refractivity contribution in [1.82, 2.24) is 4.90 Å². The summed E-state index contributed by atoms with van der Waals surface area (Å²) in [4.78, 5) is 24.3. The Kier molecular flexibility index (Phi) is 5.27. The second-order valence-corrected chi connectivity index (χ2v) is 5.55. The average Bonchev–Trinajstić information content (AvgIpc) is 2.49. The Bertz CT molecular complexity index is 577. The van der Waals surface area contributed by atoms with Crippen molar-refractivity contribution in [1.29, 1.82) is 0 Å². The van der Waals surface area contributed by atoms with Gasteiger partial charge in [0.2, 0.25) is 0 Å². The van der Waals surface area contributed by atoms with Crippen LogP contribution in [0.5, 0.6) is 0 Å². The highest BCUT2D eigenvalue weighted by atomic mass is 16.6. The Morgan fingerprint density at radius 1 is 1.41 bits per heavy atom. The molecule has 118 valence electrons. The lowest BCUT2D eigenvalue weighted by atomic mass is 10.1. The summed E-state index contributed by atoms with van der Waals surface area (Å²) in [7, 11) is 0. The lowest BCUT2D eigenvalue weighted by Gasteiger charge is -2.31. The van der Waals surface area contributed by atoms with E-state index in [1.807, 2.05) is 6.07 Å². The van der Waals surface area contributed by atoms with Gasteiger partial charge in [0, 0.05) is 36.8 Å². The fraction of sp³-hybridized carbons (Fsp3) is 0.438. The maximum Gasteiger partial charge on any atom is 0.333 e. The second-order valence-electron chi connectivity index (χ2n) is 5.55. The molecule has 6 nitrogen and oxygen atoms in total. The van der Waals surface area contributed by atoms with Gasteiger partial charge in [-0.1, -0.05) is 24.8 Å². The molecule has 1 aromatic rings. The molecule has 1 saturated heterocycles. The molecule has 1 aliphatic rings. The van der Waals surface area contributed by atoms with E-state index in [0.717, 1.165) is 25.9 Å². The SMILES string of the molecule is C=C(C)C(=O)OC1CCN(Cc2ccccc2[N+](=O)[O-])CC1. The van der Waals surface area contributed by atoms with Crippen LogP contribution in [0.15, 0.2) is 36.4 Å². The van der Waals surface area contributed by atoms with Gasteiger partial charge >= 0.3 is 5.97 Å². The van der Waals surface area contributed by atoms with E-state index in [9.17, 15) is 14.9 Å². The summed E-state index contributed by atoms with van der Waals surface area (Å²) in [6.07, 6.45) is 1.38. The Hall–Kier alpha value is -2.21. The number of esters is 1. The number of likely N-dealkylation sites (tertiary alicyclic amines) is 1. The zero-order valence-electron chi connectivity index (χ0n) is 12.7. The first-order valence-electron chi connectivity index (χ1n) is 7.28. The van der Waals surface area contributed by atoms with E-state index in [1.54, 1.807) is 19.1 Å². The molecule has 1 aromatic carbocycles. The van der Waals surface area contributed by atoms with Crippen LogP contribution in [0.2, 0.25) is 0 Å². The molecule has 1 fully saturated rings. The number of hydrogen-bond acceptors (Lipinski definition) is 5. The second kappa shape index (κ2) is 7.17. The number of benzene rings is 1. The summed E-state index contributed by atoms with van der Waals surface area (Å²) in [5, 5.41) is 11.0. The van der Waals surface area contributed by atoms with Crippen LogP contribution in [-0.2, 0) is 16.1 Å². The molecule has 0 aromatic heterocycles. The summed E-state index contributed by atoms with van der Waals surface area (Å²) >= 11 is 0. The van der Waals surface area contributed by atoms with Crippen molar-refractivity contribution in [2.45, 2.75) is 32.4 Å². The van der Waals surface area contributed by atoms with Crippen LogP contribution in [0, 0.1) is 10.1 Å².